The Morgan fingerprint density at radius 1 is 0.460 bits per heavy atom. The third kappa shape index (κ3) is 3.32. The van der Waals surface area contributed by atoms with Gasteiger partial charge in [-0.3, -0.25) is 0 Å². The molecule has 11 rings (SSSR count). The van der Waals surface area contributed by atoms with Crippen molar-refractivity contribution in [2.24, 2.45) is 0 Å². The summed E-state index contributed by atoms with van der Waals surface area (Å²) in [6.07, 6.45) is 1.76. The molecule has 3 aliphatic rings. The van der Waals surface area contributed by atoms with Crippen molar-refractivity contribution >= 4 is 37.9 Å². The number of hydrogen-bond acceptors (Lipinski definition) is 4. The highest BCUT2D eigenvalue weighted by atomic mass is 32.2. The second-order valence-electron chi connectivity index (χ2n) is 13.2. The number of rotatable bonds is 2. The van der Waals surface area contributed by atoms with Gasteiger partial charge in [-0.15, -0.1) is 0 Å². The predicted octanol–water partition coefficient (Wildman–Crippen LogP) is 11.1. The molecule has 50 heavy (non-hydrogen) atoms. The Bertz CT molecular complexity index is 2770. The van der Waals surface area contributed by atoms with Crippen molar-refractivity contribution in [1.29, 1.82) is 0 Å². The van der Waals surface area contributed by atoms with E-state index in [-0.39, 0.29) is 0 Å². The lowest BCUT2D eigenvalue weighted by Crippen LogP contribution is -2.36. The van der Waals surface area contributed by atoms with Gasteiger partial charge in [0.15, 0.2) is 0 Å². The summed E-state index contributed by atoms with van der Waals surface area (Å²) in [6.45, 7) is 0. The number of nitrogens with zero attached hydrogens (tertiary/aromatic N) is 1. The molecule has 0 fully saturated rings. The van der Waals surface area contributed by atoms with Crippen LogP contribution in [0.15, 0.2) is 178 Å². The van der Waals surface area contributed by atoms with E-state index in [1.54, 1.807) is 18.4 Å². The Kier molecular flexibility index (Phi) is 5.39. The first kappa shape index (κ1) is 27.7. The molecule has 0 saturated heterocycles. The van der Waals surface area contributed by atoms with E-state index in [0.717, 1.165) is 50.3 Å². The number of fused-ring (bicyclic) bond motifs is 13. The number of benzene rings is 7. The van der Waals surface area contributed by atoms with E-state index < -0.39 is 15.3 Å². The van der Waals surface area contributed by atoms with Gasteiger partial charge in [0, 0.05) is 16.7 Å². The molecular weight excluding hydrogens is 635 g/mol. The van der Waals surface area contributed by atoms with Crippen molar-refractivity contribution in [2.75, 3.05) is 4.90 Å². The van der Waals surface area contributed by atoms with Crippen LogP contribution in [0.1, 0.15) is 22.3 Å². The van der Waals surface area contributed by atoms with Crippen LogP contribution < -0.4 is 4.90 Å². The molecule has 2 aliphatic heterocycles. The molecule has 5 heteroatoms. The fourth-order valence-corrected chi connectivity index (χ4v) is 10.7. The molecule has 7 aromatic carbocycles. The van der Waals surface area contributed by atoms with Crippen molar-refractivity contribution in [3.63, 3.8) is 0 Å². The SMILES string of the molecule is O=S1(=O)c2ccccc2-c2ccc(-c3coc4cccc(N5c6ccccc6C6(c7ccccc7-c7ccccc76)c6ccccc65)c34)cc21. The monoisotopic (exact) mass is 661 g/mol. The van der Waals surface area contributed by atoms with Gasteiger partial charge in [0.2, 0.25) is 9.84 Å². The molecule has 3 heterocycles. The van der Waals surface area contributed by atoms with Gasteiger partial charge in [0.25, 0.3) is 0 Å². The molecule has 0 N–H and O–H groups in total. The summed E-state index contributed by atoms with van der Waals surface area (Å²) in [5.41, 5.74) is 14.0. The Morgan fingerprint density at radius 3 is 1.68 bits per heavy atom. The fourth-order valence-electron chi connectivity index (χ4n) is 8.97. The van der Waals surface area contributed by atoms with Crippen LogP contribution in [0.2, 0.25) is 0 Å². The maximum atomic E-state index is 13.7. The number of hydrogen-bond donors (Lipinski definition) is 0. The molecule has 1 aromatic heterocycles. The first-order valence-corrected chi connectivity index (χ1v) is 18.2. The molecule has 0 bridgehead atoms. The molecule has 0 unspecified atom stereocenters. The standard InChI is InChI=1S/C45H27NO3S/c47-50(48)42-23-10-3-14-31(42)32-25-24-28(26-43(32)50)33-27-49-41-22-11-21-40(44(33)41)46-38-19-8-6-17-36(38)45(37-18-7-9-20-39(37)46)34-15-4-1-12-29(34)30-13-2-5-16-35(30)45/h1-27H. The van der Waals surface area contributed by atoms with E-state index in [4.69, 9.17) is 4.42 Å². The Morgan fingerprint density at radius 2 is 1.00 bits per heavy atom. The lowest BCUT2D eigenvalue weighted by atomic mass is 9.64. The van der Waals surface area contributed by atoms with Crippen molar-refractivity contribution in [3.8, 4) is 33.4 Å². The summed E-state index contributed by atoms with van der Waals surface area (Å²) in [4.78, 5) is 3.05. The second-order valence-corrected chi connectivity index (χ2v) is 15.1. The molecule has 0 amide bonds. The minimum atomic E-state index is -3.65. The average molecular weight is 662 g/mol. The molecule has 0 saturated carbocycles. The highest BCUT2D eigenvalue weighted by Gasteiger charge is 2.51. The summed E-state index contributed by atoms with van der Waals surface area (Å²) >= 11 is 0. The summed E-state index contributed by atoms with van der Waals surface area (Å²) < 4.78 is 33.7. The van der Waals surface area contributed by atoms with Gasteiger partial charge in [0.1, 0.15) is 5.58 Å². The van der Waals surface area contributed by atoms with Crippen LogP contribution in [-0.2, 0) is 15.3 Å². The Hall–Kier alpha value is -6.17. The van der Waals surface area contributed by atoms with Gasteiger partial charge < -0.3 is 9.32 Å². The number of sulfone groups is 1. The topological polar surface area (TPSA) is 50.5 Å². The minimum Gasteiger partial charge on any atom is -0.464 e. The Labute approximate surface area is 289 Å². The van der Waals surface area contributed by atoms with Crippen LogP contribution >= 0.6 is 0 Å². The van der Waals surface area contributed by atoms with Crippen molar-refractivity contribution in [1.82, 2.24) is 0 Å². The summed E-state index contributed by atoms with van der Waals surface area (Å²) in [7, 11) is -3.65. The van der Waals surface area contributed by atoms with Gasteiger partial charge in [-0.2, -0.15) is 0 Å². The third-order valence-corrected chi connectivity index (χ3v) is 12.8. The molecule has 1 aliphatic carbocycles. The molecule has 0 atom stereocenters. The second kappa shape index (κ2) is 9.71. The van der Waals surface area contributed by atoms with Gasteiger partial charge in [-0.25, -0.2) is 8.42 Å². The van der Waals surface area contributed by atoms with Crippen LogP contribution in [-0.4, -0.2) is 8.42 Å². The van der Waals surface area contributed by atoms with Gasteiger partial charge in [-0.1, -0.05) is 121 Å². The zero-order chi connectivity index (χ0) is 33.2. The number of furan rings is 1. The van der Waals surface area contributed by atoms with Gasteiger partial charge in [-0.05, 0) is 75.3 Å². The summed E-state index contributed by atoms with van der Waals surface area (Å²) in [5.74, 6) is 0. The summed E-state index contributed by atoms with van der Waals surface area (Å²) in [6, 6.07) is 54.2. The molecule has 8 aromatic rings. The first-order valence-electron chi connectivity index (χ1n) is 16.8. The highest BCUT2D eigenvalue weighted by molar-refractivity contribution is 7.92. The zero-order valence-electron chi connectivity index (χ0n) is 26.7. The van der Waals surface area contributed by atoms with E-state index in [9.17, 15) is 8.42 Å². The number of para-hydroxylation sites is 2. The van der Waals surface area contributed by atoms with E-state index >= 15 is 0 Å². The largest absolute Gasteiger partial charge is 0.464 e. The molecule has 236 valence electrons. The fraction of sp³-hybridized carbons (Fsp3) is 0.0222. The van der Waals surface area contributed by atoms with Crippen molar-refractivity contribution < 1.29 is 12.8 Å². The normalized spacial score (nSPS) is 15.2. The summed E-state index contributed by atoms with van der Waals surface area (Å²) in [5, 5.41) is 0.924. The zero-order valence-corrected chi connectivity index (χ0v) is 27.5. The lowest BCUT2D eigenvalue weighted by Gasteiger charge is -2.45. The molecule has 4 nitrogen and oxygen atoms in total. The van der Waals surface area contributed by atoms with Crippen molar-refractivity contribution in [2.45, 2.75) is 15.2 Å². The highest BCUT2D eigenvalue weighted by Crippen LogP contribution is 2.63. The lowest BCUT2D eigenvalue weighted by molar-refractivity contribution is 0.598. The number of anilines is 3. The third-order valence-electron chi connectivity index (χ3n) is 10.9. The van der Waals surface area contributed by atoms with Crippen molar-refractivity contribution in [3.05, 3.63) is 186 Å². The maximum Gasteiger partial charge on any atom is 0.207 e. The van der Waals surface area contributed by atoms with Gasteiger partial charge in [0.05, 0.1) is 43.9 Å². The maximum absolute atomic E-state index is 13.7. The van der Waals surface area contributed by atoms with Crippen LogP contribution in [0.5, 0.6) is 0 Å². The van der Waals surface area contributed by atoms with Crippen LogP contribution in [0.25, 0.3) is 44.3 Å². The van der Waals surface area contributed by atoms with Crippen LogP contribution in [0, 0.1) is 0 Å². The van der Waals surface area contributed by atoms with E-state index in [0.29, 0.717) is 9.79 Å². The first-order chi connectivity index (χ1) is 24.6. The van der Waals surface area contributed by atoms with E-state index in [2.05, 4.69) is 108 Å². The van der Waals surface area contributed by atoms with Crippen LogP contribution in [0.4, 0.5) is 17.1 Å². The molecule has 0 radical (unpaired) electrons. The van der Waals surface area contributed by atoms with Crippen LogP contribution in [0.3, 0.4) is 0 Å². The smallest absolute Gasteiger partial charge is 0.207 e. The quantitative estimate of drug-likeness (QED) is 0.185. The molecule has 1 spiro atoms. The van der Waals surface area contributed by atoms with Gasteiger partial charge >= 0.3 is 0 Å². The predicted molar refractivity (Wildman–Crippen MR) is 198 cm³/mol. The van der Waals surface area contributed by atoms with E-state index in [1.807, 2.05) is 42.5 Å². The molecular formula is C45H27NO3S. The Balaban J connectivity index is 1.18. The average Bonchev–Trinajstić information content (AvgIpc) is 3.80. The van der Waals surface area contributed by atoms with E-state index in [1.165, 1.54) is 33.4 Å². The minimum absolute atomic E-state index is 0.331.